The molecule has 0 saturated carbocycles. The summed E-state index contributed by atoms with van der Waals surface area (Å²) < 4.78 is 0. The lowest BCUT2D eigenvalue weighted by Gasteiger charge is -2.22. The van der Waals surface area contributed by atoms with Crippen molar-refractivity contribution in [3.63, 3.8) is 0 Å². The molecule has 5 heteroatoms. The summed E-state index contributed by atoms with van der Waals surface area (Å²) in [4.78, 5) is 18.2. The topological polar surface area (TPSA) is 56.1 Å². The van der Waals surface area contributed by atoms with Crippen molar-refractivity contribution in [1.82, 2.24) is 0 Å². The molecule has 0 amide bonds. The Labute approximate surface area is 237 Å². The molecule has 5 rings (SSSR count). The first-order chi connectivity index (χ1) is 19.2. The Morgan fingerprint density at radius 1 is 0.625 bits per heavy atom. The monoisotopic (exact) mass is 529 g/mol. The van der Waals surface area contributed by atoms with Gasteiger partial charge in [-0.05, 0) is 70.3 Å². The summed E-state index contributed by atoms with van der Waals surface area (Å²) in [7, 11) is 8.29. The van der Waals surface area contributed by atoms with Gasteiger partial charge in [0.25, 0.3) is 5.97 Å². The van der Waals surface area contributed by atoms with Crippen molar-refractivity contribution >= 4 is 39.9 Å². The number of para-hydroxylation sites is 1. The molecule has 202 valence electrons. The normalized spacial score (nSPS) is 12.7. The average Bonchev–Trinajstić information content (AvgIpc) is 2.95. The number of fused-ring (bicyclic) bond motifs is 1. The molecule has 0 heterocycles. The van der Waals surface area contributed by atoms with Gasteiger partial charge in [-0.1, -0.05) is 72.8 Å². The Balaban J connectivity index is 0.000000867. The summed E-state index contributed by atoms with van der Waals surface area (Å²) in [5, 5.41) is 7.42. The van der Waals surface area contributed by atoms with Crippen molar-refractivity contribution < 1.29 is 9.90 Å². The van der Waals surface area contributed by atoms with Gasteiger partial charge in [-0.3, -0.25) is 4.79 Å². The molecule has 4 aromatic carbocycles. The first kappa shape index (κ1) is 28.1. The number of hydrogen-bond donors (Lipinski definition) is 1. The molecule has 0 bridgehead atoms. The Morgan fingerprint density at radius 3 is 1.55 bits per heavy atom. The third-order valence-electron chi connectivity index (χ3n) is 6.52. The first-order valence-electron chi connectivity index (χ1n) is 13.2. The van der Waals surface area contributed by atoms with Gasteiger partial charge >= 0.3 is 0 Å². The van der Waals surface area contributed by atoms with Crippen LogP contribution in [0.3, 0.4) is 0 Å². The number of nitrogens with zero attached hydrogens (tertiary/aromatic N) is 3. The van der Waals surface area contributed by atoms with Crippen molar-refractivity contribution in [2.75, 3.05) is 38.0 Å². The molecule has 0 spiro atoms. The molecule has 1 aliphatic carbocycles. The van der Waals surface area contributed by atoms with Crippen molar-refractivity contribution in [2.45, 2.75) is 6.92 Å². The number of rotatable bonds is 5. The standard InChI is InChI=1S/C33H31N3.C2H4O2/c1-35(2)27-18-14-24(15-19-27)33(25-16-20-28(21-17-25)36(3)4)31-22-23-32(30-13-9-8-12-29(30)31)34-26-10-6-5-7-11-26;1-2(3)4/h5-23H,1-4H3;1H3,(H,3,4). The van der Waals surface area contributed by atoms with E-state index in [1.807, 2.05) is 30.3 Å². The van der Waals surface area contributed by atoms with E-state index >= 15 is 0 Å². The number of carbonyl (C=O) groups is 1. The molecule has 0 atom stereocenters. The van der Waals surface area contributed by atoms with Gasteiger partial charge in [0.1, 0.15) is 0 Å². The Hall–Kier alpha value is -4.90. The summed E-state index contributed by atoms with van der Waals surface area (Å²) in [5.41, 5.74) is 11.4. The number of allylic oxidation sites excluding steroid dienone is 3. The van der Waals surface area contributed by atoms with Crippen LogP contribution in [-0.4, -0.2) is 45.0 Å². The fourth-order valence-corrected chi connectivity index (χ4v) is 4.57. The van der Waals surface area contributed by atoms with Crippen molar-refractivity contribution in [2.24, 2.45) is 4.99 Å². The van der Waals surface area contributed by atoms with Crippen LogP contribution in [0.25, 0.3) is 11.1 Å². The molecule has 0 aromatic heterocycles. The average molecular weight is 530 g/mol. The molecule has 40 heavy (non-hydrogen) atoms. The van der Waals surface area contributed by atoms with Gasteiger partial charge in [-0.15, -0.1) is 0 Å². The molecule has 0 radical (unpaired) electrons. The van der Waals surface area contributed by atoms with Gasteiger partial charge in [-0.2, -0.15) is 0 Å². The second kappa shape index (κ2) is 12.8. The van der Waals surface area contributed by atoms with E-state index in [1.165, 1.54) is 39.2 Å². The van der Waals surface area contributed by atoms with Crippen LogP contribution >= 0.6 is 0 Å². The smallest absolute Gasteiger partial charge is 0.300 e. The first-order valence-corrected chi connectivity index (χ1v) is 13.2. The van der Waals surface area contributed by atoms with Crippen LogP contribution in [0.15, 0.2) is 120 Å². The summed E-state index contributed by atoms with van der Waals surface area (Å²) in [6.45, 7) is 1.08. The predicted molar refractivity (Wildman–Crippen MR) is 169 cm³/mol. The second-order valence-electron chi connectivity index (χ2n) is 9.90. The zero-order valence-corrected chi connectivity index (χ0v) is 23.7. The number of aliphatic carboxylic acids is 1. The molecule has 5 nitrogen and oxygen atoms in total. The van der Waals surface area contributed by atoms with Crippen molar-refractivity contribution in [3.05, 3.63) is 138 Å². The minimum absolute atomic E-state index is 0.833. The molecule has 0 fully saturated rings. The highest BCUT2D eigenvalue weighted by Crippen LogP contribution is 2.38. The van der Waals surface area contributed by atoms with E-state index in [9.17, 15) is 0 Å². The maximum Gasteiger partial charge on any atom is 0.300 e. The molecule has 0 saturated heterocycles. The van der Waals surface area contributed by atoms with Gasteiger partial charge in [-0.25, -0.2) is 4.99 Å². The molecule has 1 aliphatic rings. The van der Waals surface area contributed by atoms with E-state index in [4.69, 9.17) is 14.9 Å². The van der Waals surface area contributed by atoms with Gasteiger partial charge in [0, 0.05) is 52.1 Å². The number of anilines is 2. The molecule has 1 N–H and O–H groups in total. The molecular formula is C35H35N3O2. The summed E-state index contributed by atoms with van der Waals surface area (Å²) in [6.07, 6.45) is 4.37. The molecule has 4 aromatic rings. The quantitative estimate of drug-likeness (QED) is 0.290. The number of hydrogen-bond acceptors (Lipinski definition) is 4. The van der Waals surface area contributed by atoms with Gasteiger partial charge in [0.15, 0.2) is 0 Å². The number of benzene rings is 4. The lowest BCUT2D eigenvalue weighted by Crippen LogP contribution is -2.10. The minimum atomic E-state index is -0.833. The number of carboxylic acids is 1. The third kappa shape index (κ3) is 6.75. The van der Waals surface area contributed by atoms with Crippen LogP contribution < -0.4 is 9.80 Å². The minimum Gasteiger partial charge on any atom is -0.481 e. The number of carboxylic acid groups (broad SMARTS) is 1. The third-order valence-corrected chi connectivity index (χ3v) is 6.52. The summed E-state index contributed by atoms with van der Waals surface area (Å²) in [6, 6.07) is 36.4. The second-order valence-corrected chi connectivity index (χ2v) is 9.90. The van der Waals surface area contributed by atoms with Crippen molar-refractivity contribution in [3.8, 4) is 0 Å². The zero-order chi connectivity index (χ0) is 28.6. The Morgan fingerprint density at radius 2 is 1.07 bits per heavy atom. The van der Waals surface area contributed by atoms with E-state index < -0.39 is 5.97 Å². The van der Waals surface area contributed by atoms with Gasteiger partial charge < -0.3 is 14.9 Å². The fraction of sp³-hybridized carbons (Fsp3) is 0.143. The van der Waals surface area contributed by atoms with Gasteiger partial charge in [0.05, 0.1) is 11.4 Å². The van der Waals surface area contributed by atoms with Crippen LogP contribution in [-0.2, 0) is 4.79 Å². The van der Waals surface area contributed by atoms with Crippen LogP contribution in [0.5, 0.6) is 0 Å². The van der Waals surface area contributed by atoms with E-state index in [1.54, 1.807) is 0 Å². The highest BCUT2D eigenvalue weighted by atomic mass is 16.4. The maximum absolute atomic E-state index is 9.00. The summed E-state index contributed by atoms with van der Waals surface area (Å²) >= 11 is 0. The highest BCUT2D eigenvalue weighted by Gasteiger charge is 2.20. The van der Waals surface area contributed by atoms with Crippen LogP contribution in [0, 0.1) is 0 Å². The molecule has 0 unspecified atom stereocenters. The fourth-order valence-electron chi connectivity index (χ4n) is 4.57. The van der Waals surface area contributed by atoms with Crippen LogP contribution in [0.1, 0.15) is 29.2 Å². The van der Waals surface area contributed by atoms with E-state index in [0.29, 0.717) is 0 Å². The zero-order valence-electron chi connectivity index (χ0n) is 23.7. The van der Waals surface area contributed by atoms with Crippen molar-refractivity contribution in [1.29, 1.82) is 0 Å². The lowest BCUT2D eigenvalue weighted by molar-refractivity contribution is -0.134. The Kier molecular flexibility index (Phi) is 8.97. The SMILES string of the molecule is CC(=O)O.CN(C)c1ccc(C(=C2C=CC(=Nc3ccccc3)c3ccccc32)c2ccc(N(C)C)cc2)cc1. The van der Waals surface area contributed by atoms with Gasteiger partial charge in [0.2, 0.25) is 0 Å². The molecular weight excluding hydrogens is 494 g/mol. The van der Waals surface area contributed by atoms with E-state index in [-0.39, 0.29) is 0 Å². The largest absolute Gasteiger partial charge is 0.481 e. The highest BCUT2D eigenvalue weighted by molar-refractivity contribution is 6.19. The van der Waals surface area contributed by atoms with E-state index in [2.05, 4.69) is 123 Å². The lowest BCUT2D eigenvalue weighted by atomic mass is 9.83. The molecule has 0 aliphatic heterocycles. The van der Waals surface area contributed by atoms with E-state index in [0.717, 1.165) is 23.9 Å². The van der Waals surface area contributed by atoms with Crippen LogP contribution in [0.2, 0.25) is 0 Å². The summed E-state index contributed by atoms with van der Waals surface area (Å²) in [5.74, 6) is -0.833. The predicted octanol–water partition coefficient (Wildman–Crippen LogP) is 7.56. The maximum atomic E-state index is 9.00. The van der Waals surface area contributed by atoms with Crippen LogP contribution in [0.4, 0.5) is 17.1 Å². The number of aliphatic imine (C=N–C) groups is 1. The Bertz CT molecular complexity index is 1490.